The van der Waals surface area contributed by atoms with E-state index in [1.54, 1.807) is 55.7 Å². The van der Waals surface area contributed by atoms with E-state index >= 15 is 0 Å². The third-order valence-corrected chi connectivity index (χ3v) is 6.25. The zero-order valence-corrected chi connectivity index (χ0v) is 22.0. The van der Waals surface area contributed by atoms with Crippen molar-refractivity contribution in [3.8, 4) is 17.2 Å². The second kappa shape index (κ2) is 11.4. The first kappa shape index (κ1) is 26.7. The number of pyridine rings is 1. The average Bonchev–Trinajstić information content (AvgIpc) is 3.14. The number of ether oxygens (including phenoxy) is 2. The van der Waals surface area contributed by atoms with E-state index in [1.165, 1.54) is 11.0 Å². The number of phenolic OH excluding ortho intramolecular Hbond substituents is 1. The Balaban J connectivity index is 1.83. The molecule has 1 unspecified atom stereocenters. The topological polar surface area (TPSA) is 109 Å². The fraction of sp³-hybridized carbons (Fsp3) is 0.300. The van der Waals surface area contributed by atoms with Gasteiger partial charge in [-0.05, 0) is 72.9 Å². The van der Waals surface area contributed by atoms with Crippen LogP contribution in [0.25, 0.3) is 5.76 Å². The number of aliphatic hydroxyl groups excluding tert-OH is 1. The third kappa shape index (κ3) is 5.49. The lowest BCUT2D eigenvalue weighted by Crippen LogP contribution is -2.29. The molecule has 3 aromatic rings. The van der Waals surface area contributed by atoms with E-state index in [9.17, 15) is 19.8 Å². The minimum Gasteiger partial charge on any atom is -0.507 e. The van der Waals surface area contributed by atoms with Gasteiger partial charge in [0.05, 0.1) is 24.8 Å². The molecule has 0 bridgehead atoms. The summed E-state index contributed by atoms with van der Waals surface area (Å²) in [6, 6.07) is 12.5. The molecule has 1 atom stereocenters. The lowest BCUT2D eigenvalue weighted by atomic mass is 9.93. The summed E-state index contributed by atoms with van der Waals surface area (Å²) in [6.07, 6.45) is 3.25. The minimum absolute atomic E-state index is 0.0361. The zero-order chi connectivity index (χ0) is 27.4. The quantitative estimate of drug-likeness (QED) is 0.230. The molecule has 0 radical (unpaired) electrons. The molecule has 1 amide bonds. The van der Waals surface area contributed by atoms with Crippen molar-refractivity contribution in [2.45, 2.75) is 40.3 Å². The van der Waals surface area contributed by atoms with E-state index in [0.717, 1.165) is 5.56 Å². The Morgan fingerprint density at radius 1 is 1.11 bits per heavy atom. The number of aromatic hydroxyl groups is 1. The number of Topliss-reactive ketones (excluding diaryl/α,β-unsaturated/α-hetero) is 1. The maximum Gasteiger partial charge on any atom is 0.295 e. The summed E-state index contributed by atoms with van der Waals surface area (Å²) in [7, 11) is 0. The molecule has 8 nitrogen and oxygen atoms in total. The molecule has 8 heteroatoms. The first-order chi connectivity index (χ1) is 18.2. The van der Waals surface area contributed by atoms with Gasteiger partial charge in [-0.15, -0.1) is 0 Å². The summed E-state index contributed by atoms with van der Waals surface area (Å²) in [6.45, 7) is 8.68. The molecule has 38 heavy (non-hydrogen) atoms. The van der Waals surface area contributed by atoms with Gasteiger partial charge >= 0.3 is 0 Å². The Hall–Kier alpha value is -4.33. The van der Waals surface area contributed by atoms with Crippen LogP contribution in [-0.4, -0.2) is 45.0 Å². The van der Waals surface area contributed by atoms with Crippen molar-refractivity contribution in [2.75, 3.05) is 13.2 Å². The molecule has 1 aliphatic heterocycles. The van der Waals surface area contributed by atoms with Gasteiger partial charge in [0, 0.05) is 24.5 Å². The Labute approximate surface area is 222 Å². The zero-order valence-electron chi connectivity index (χ0n) is 22.0. The van der Waals surface area contributed by atoms with Crippen molar-refractivity contribution in [3.63, 3.8) is 0 Å². The standard InChI is InChI=1S/C30H32N2O6/c1-5-37-25-14-21(8-11-24(25)33)27-26(29(35)30(36)32(27)16-20-7-6-12-31-15-20)28(34)23-10-9-22(13-19(23)4)38-17-18(2)3/h6-15,18,27,33-34H,5,16-17H2,1-4H3/b28-26+. The number of ketones is 1. The van der Waals surface area contributed by atoms with Gasteiger partial charge in [-0.1, -0.05) is 26.0 Å². The fourth-order valence-electron chi connectivity index (χ4n) is 4.45. The van der Waals surface area contributed by atoms with Crippen LogP contribution in [0.1, 0.15) is 49.1 Å². The number of carbonyl (C=O) groups is 2. The van der Waals surface area contributed by atoms with Crippen LogP contribution >= 0.6 is 0 Å². The van der Waals surface area contributed by atoms with Gasteiger partial charge in [0.15, 0.2) is 11.5 Å². The van der Waals surface area contributed by atoms with Crippen molar-refractivity contribution in [3.05, 3.63) is 88.8 Å². The normalized spacial score (nSPS) is 16.8. The van der Waals surface area contributed by atoms with Crippen molar-refractivity contribution in [1.29, 1.82) is 0 Å². The van der Waals surface area contributed by atoms with Gasteiger partial charge in [-0.25, -0.2) is 0 Å². The summed E-state index contributed by atoms with van der Waals surface area (Å²) in [4.78, 5) is 32.2. The molecule has 1 fully saturated rings. The Kier molecular flexibility index (Phi) is 8.00. The number of aliphatic hydroxyl groups is 1. The van der Waals surface area contributed by atoms with Gasteiger partial charge in [0.2, 0.25) is 0 Å². The first-order valence-electron chi connectivity index (χ1n) is 12.6. The van der Waals surface area contributed by atoms with Crippen LogP contribution in [-0.2, 0) is 16.1 Å². The number of aryl methyl sites for hydroxylation is 1. The maximum absolute atomic E-state index is 13.4. The van der Waals surface area contributed by atoms with E-state index in [4.69, 9.17) is 9.47 Å². The van der Waals surface area contributed by atoms with Gasteiger partial charge in [0.25, 0.3) is 11.7 Å². The van der Waals surface area contributed by atoms with Crippen LogP contribution in [0.5, 0.6) is 17.2 Å². The van der Waals surface area contributed by atoms with Crippen molar-refractivity contribution in [1.82, 2.24) is 9.88 Å². The average molecular weight is 517 g/mol. The highest BCUT2D eigenvalue weighted by molar-refractivity contribution is 6.46. The van der Waals surface area contributed by atoms with Gasteiger partial charge in [-0.3, -0.25) is 14.6 Å². The highest BCUT2D eigenvalue weighted by Gasteiger charge is 2.46. The number of carbonyl (C=O) groups excluding carboxylic acids is 2. The summed E-state index contributed by atoms with van der Waals surface area (Å²) in [5.74, 6) is -0.636. The van der Waals surface area contributed by atoms with E-state index in [0.29, 0.717) is 41.6 Å². The van der Waals surface area contributed by atoms with E-state index in [1.807, 2.05) is 13.0 Å². The van der Waals surface area contributed by atoms with E-state index in [2.05, 4.69) is 18.8 Å². The van der Waals surface area contributed by atoms with Crippen LogP contribution in [0.15, 0.2) is 66.5 Å². The largest absolute Gasteiger partial charge is 0.507 e. The summed E-state index contributed by atoms with van der Waals surface area (Å²) < 4.78 is 11.4. The number of hydrogen-bond acceptors (Lipinski definition) is 7. The summed E-state index contributed by atoms with van der Waals surface area (Å²) in [5.41, 5.74) is 2.33. The van der Waals surface area contributed by atoms with Crippen LogP contribution in [0.4, 0.5) is 0 Å². The monoisotopic (exact) mass is 516 g/mol. The number of amides is 1. The maximum atomic E-state index is 13.4. The second-order valence-electron chi connectivity index (χ2n) is 9.63. The summed E-state index contributed by atoms with van der Waals surface area (Å²) in [5, 5.41) is 21.7. The molecule has 0 spiro atoms. The number of hydrogen-bond donors (Lipinski definition) is 2. The van der Waals surface area contributed by atoms with Crippen LogP contribution in [0, 0.1) is 12.8 Å². The van der Waals surface area contributed by atoms with Crippen LogP contribution < -0.4 is 9.47 Å². The van der Waals surface area contributed by atoms with Crippen molar-refractivity contribution >= 4 is 17.4 Å². The molecule has 198 valence electrons. The molecule has 1 aromatic heterocycles. The lowest BCUT2D eigenvalue weighted by Gasteiger charge is -2.26. The van der Waals surface area contributed by atoms with E-state index in [-0.39, 0.29) is 29.4 Å². The highest BCUT2D eigenvalue weighted by atomic mass is 16.5. The number of benzene rings is 2. The number of nitrogens with zero attached hydrogens (tertiary/aromatic N) is 2. The SMILES string of the molecule is CCOc1cc(C2/C(=C(\O)c3ccc(OCC(C)C)cc3C)C(=O)C(=O)N2Cc2cccnc2)ccc1O. The molecule has 2 heterocycles. The molecule has 4 rings (SSSR count). The Bertz CT molecular complexity index is 1370. The number of likely N-dealkylation sites (tertiary alicyclic amines) is 1. The Morgan fingerprint density at radius 3 is 2.55 bits per heavy atom. The predicted molar refractivity (Wildman–Crippen MR) is 143 cm³/mol. The molecule has 2 aromatic carbocycles. The molecule has 1 aliphatic rings. The predicted octanol–water partition coefficient (Wildman–Crippen LogP) is 5.15. The van der Waals surface area contributed by atoms with Crippen molar-refractivity contribution in [2.24, 2.45) is 5.92 Å². The molecule has 0 saturated carbocycles. The smallest absolute Gasteiger partial charge is 0.295 e. The van der Waals surface area contributed by atoms with Crippen molar-refractivity contribution < 1.29 is 29.3 Å². The van der Waals surface area contributed by atoms with Crippen LogP contribution in [0.3, 0.4) is 0 Å². The molecular formula is C30H32N2O6. The molecule has 1 saturated heterocycles. The molecular weight excluding hydrogens is 484 g/mol. The van der Waals surface area contributed by atoms with Gasteiger partial charge in [-0.2, -0.15) is 0 Å². The summed E-state index contributed by atoms with van der Waals surface area (Å²) >= 11 is 0. The Morgan fingerprint density at radius 2 is 1.89 bits per heavy atom. The highest BCUT2D eigenvalue weighted by Crippen LogP contribution is 2.43. The number of rotatable bonds is 9. The second-order valence-corrected chi connectivity index (χ2v) is 9.63. The minimum atomic E-state index is -0.911. The van der Waals surface area contributed by atoms with Gasteiger partial charge in [0.1, 0.15) is 11.5 Å². The molecule has 0 aliphatic carbocycles. The first-order valence-corrected chi connectivity index (χ1v) is 12.6. The van der Waals surface area contributed by atoms with Crippen LogP contribution in [0.2, 0.25) is 0 Å². The number of phenols is 1. The van der Waals surface area contributed by atoms with Gasteiger partial charge < -0.3 is 24.6 Å². The fourth-order valence-corrected chi connectivity index (χ4v) is 4.45. The lowest BCUT2D eigenvalue weighted by molar-refractivity contribution is -0.140. The van der Waals surface area contributed by atoms with E-state index < -0.39 is 17.7 Å². The number of aromatic nitrogens is 1. The molecule has 2 N–H and O–H groups in total. The third-order valence-electron chi connectivity index (χ3n) is 6.25.